The first kappa shape index (κ1) is 50.2. The molecule has 12 nitrogen and oxygen atoms in total. The summed E-state index contributed by atoms with van der Waals surface area (Å²) >= 11 is 0. The number of Topliss-reactive ketones (excluding diaryl/α,β-unsaturated/α-hetero) is 2. The highest BCUT2D eigenvalue weighted by Gasteiger charge is 2.63. The fraction of sp³-hybridized carbons (Fsp3) is 0.524. The lowest BCUT2D eigenvalue weighted by Crippen LogP contribution is -2.64. The Morgan fingerprint density at radius 1 is 0.987 bits per heavy atom. The van der Waals surface area contributed by atoms with Gasteiger partial charge in [-0.05, 0) is 174 Å². The van der Waals surface area contributed by atoms with Gasteiger partial charge in [-0.25, -0.2) is 0 Å². The van der Waals surface area contributed by atoms with Crippen LogP contribution in [-0.2, 0) is 16.0 Å². The summed E-state index contributed by atoms with van der Waals surface area (Å²) < 4.78 is 5.58. The molecule has 8 aliphatic rings. The van der Waals surface area contributed by atoms with Crippen molar-refractivity contribution in [2.45, 2.75) is 126 Å². The summed E-state index contributed by atoms with van der Waals surface area (Å²) in [5, 5.41) is 61.7. The molecule has 75 heavy (non-hydrogen) atoms. The van der Waals surface area contributed by atoms with Crippen molar-refractivity contribution >= 4 is 28.4 Å². The Bertz CT molecular complexity index is 3050. The largest absolute Gasteiger partial charge is 0.504 e. The highest BCUT2D eigenvalue weighted by atomic mass is 16.5. The second kappa shape index (κ2) is 20.0. The van der Waals surface area contributed by atoms with Crippen LogP contribution < -0.4 is 26.4 Å². The number of aliphatic hydroxyl groups excluding tert-OH is 3. The zero-order chi connectivity index (χ0) is 51.9. The predicted octanol–water partition coefficient (Wildman–Crippen LogP) is 7.59. The van der Waals surface area contributed by atoms with Gasteiger partial charge in [0.25, 0.3) is 0 Å². The number of rotatable bonds is 13. The first-order valence-corrected chi connectivity index (χ1v) is 28.2. The number of ketones is 2. The summed E-state index contributed by atoms with van der Waals surface area (Å²) in [4.78, 5) is 32.4. The lowest BCUT2D eigenvalue weighted by atomic mass is 9.44. The van der Waals surface area contributed by atoms with E-state index in [9.17, 15) is 30.0 Å². The summed E-state index contributed by atoms with van der Waals surface area (Å²) in [5.41, 5.74) is 13.7. The van der Waals surface area contributed by atoms with E-state index in [1.807, 2.05) is 18.2 Å². The van der Waals surface area contributed by atoms with E-state index in [4.69, 9.17) is 10.5 Å². The molecule has 16 unspecified atom stereocenters. The van der Waals surface area contributed by atoms with Gasteiger partial charge in [-0.3, -0.25) is 9.59 Å². The molecule has 3 saturated carbocycles. The molecule has 0 bridgehead atoms. The van der Waals surface area contributed by atoms with Crippen LogP contribution in [0.5, 0.6) is 11.5 Å². The molecule has 6 aliphatic carbocycles. The lowest BCUT2D eigenvalue weighted by Gasteiger charge is -2.62. The molecule has 3 aromatic carbocycles. The van der Waals surface area contributed by atoms with Crippen molar-refractivity contribution in [1.82, 2.24) is 20.9 Å². The molecule has 0 amide bonds. The van der Waals surface area contributed by atoms with Crippen LogP contribution in [0.15, 0.2) is 89.9 Å². The van der Waals surface area contributed by atoms with Crippen LogP contribution in [0.1, 0.15) is 129 Å². The van der Waals surface area contributed by atoms with E-state index in [0.29, 0.717) is 84.9 Å². The summed E-state index contributed by atoms with van der Waals surface area (Å²) in [7, 11) is 1.50. The van der Waals surface area contributed by atoms with Gasteiger partial charge in [-0.2, -0.15) is 0 Å². The highest BCUT2D eigenvalue weighted by Crippen LogP contribution is 2.66. The van der Waals surface area contributed by atoms with Gasteiger partial charge in [0.1, 0.15) is 11.2 Å². The molecule has 0 radical (unpaired) electrons. The van der Waals surface area contributed by atoms with Gasteiger partial charge in [0, 0.05) is 66.9 Å². The summed E-state index contributed by atoms with van der Waals surface area (Å²) in [6.07, 6.45) is 9.80. The fourth-order valence-electron chi connectivity index (χ4n) is 16.5. The van der Waals surface area contributed by atoms with E-state index < -0.39 is 29.6 Å². The van der Waals surface area contributed by atoms with Crippen LogP contribution in [0.3, 0.4) is 0 Å². The average molecular weight is 1010 g/mol. The van der Waals surface area contributed by atoms with Gasteiger partial charge in [-0.1, -0.05) is 80.3 Å². The number of aliphatic hydroxyl groups is 3. The normalized spacial score (nSPS) is 33.7. The topological polar surface area (TPSA) is 202 Å². The number of dihydropyridines is 1. The molecular weight excluding hydrogens is 939 g/mol. The van der Waals surface area contributed by atoms with Crippen LogP contribution in [-0.4, -0.2) is 94.6 Å². The molecule has 10 N–H and O–H groups in total. The minimum atomic E-state index is -1.32. The Labute approximate surface area is 441 Å². The average Bonchev–Trinajstić information content (AvgIpc) is 3.88. The number of nitrogens with two attached hydrogens (primary N) is 1. The molecule has 3 heterocycles. The van der Waals surface area contributed by atoms with Gasteiger partial charge >= 0.3 is 0 Å². The summed E-state index contributed by atoms with van der Waals surface area (Å²) in [5.74, 6) is 9.44. The van der Waals surface area contributed by atoms with Crippen LogP contribution in [0.2, 0.25) is 0 Å². The van der Waals surface area contributed by atoms with Crippen LogP contribution in [0.25, 0.3) is 16.8 Å². The fourth-order valence-corrected chi connectivity index (χ4v) is 16.5. The standard InChI is InChI=1S/C63H75N5O7/c1-4-33-29-67-56(64)27-46(33)45(36-11-10-34-8-6-7-9-35(34)20-36)26-51(71)50(70)22-38-16-18-63(54(73)15-13-37-23-53(75-3)52(72)25-43(37)38)19-17-39(24-55(63)74)44-21-41-31-66-48-28-49(69)42-14-12-40-30-68-62-58(40)59(42)61(48)57(41)60(62)47(44)32-65-5-2/h6-12,14,20,23,25,27,30,38-39,41-42,44-45,47-48,50-51,55,57,59-61,65-68,70-72,74H,4-5,13,15,17,19,21-22,24,26,28-29,31-32,64H2,1-3H3. The number of piperidine rings is 1. The number of hydrogen-bond acceptors (Lipinski definition) is 11. The minimum absolute atomic E-state index is 0.0294. The van der Waals surface area contributed by atoms with Crippen molar-refractivity contribution in [2.75, 3.05) is 33.3 Å². The molecule has 4 aromatic rings. The third kappa shape index (κ3) is 8.56. The van der Waals surface area contributed by atoms with E-state index in [2.05, 4.69) is 95.3 Å². The van der Waals surface area contributed by atoms with Crippen molar-refractivity contribution in [2.24, 2.45) is 52.6 Å². The predicted molar refractivity (Wildman–Crippen MR) is 291 cm³/mol. The van der Waals surface area contributed by atoms with Gasteiger partial charge in [0.2, 0.25) is 0 Å². The number of aromatic hydroxyl groups is 1. The summed E-state index contributed by atoms with van der Waals surface area (Å²) in [6.45, 7) is 7.48. The first-order chi connectivity index (χ1) is 36.4. The molecule has 16 atom stereocenters. The van der Waals surface area contributed by atoms with E-state index >= 15 is 0 Å². The maximum absolute atomic E-state index is 14.9. The lowest BCUT2D eigenvalue weighted by molar-refractivity contribution is -0.137. The van der Waals surface area contributed by atoms with Gasteiger partial charge in [0.15, 0.2) is 17.3 Å². The van der Waals surface area contributed by atoms with E-state index in [1.54, 1.807) is 12.1 Å². The zero-order valence-corrected chi connectivity index (χ0v) is 43.7. The first-order valence-electron chi connectivity index (χ1n) is 28.2. The van der Waals surface area contributed by atoms with Crippen molar-refractivity contribution in [3.63, 3.8) is 0 Å². The van der Waals surface area contributed by atoms with Crippen LogP contribution in [0.4, 0.5) is 0 Å². The van der Waals surface area contributed by atoms with Gasteiger partial charge in [0.05, 0.1) is 31.2 Å². The Balaban J connectivity index is 0.850. The van der Waals surface area contributed by atoms with Crippen molar-refractivity contribution < 1.29 is 34.8 Å². The minimum Gasteiger partial charge on any atom is -0.504 e. The quantitative estimate of drug-likeness (QED) is 0.0598. The molecule has 12 rings (SSSR count). The number of carbonyl (C=O) groups excluding carboxylic acids is 2. The molecular formula is C63H75N5O7. The number of phenolic OH excluding ortho intramolecular Hbond substituents is 1. The monoisotopic (exact) mass is 1010 g/mol. The molecule has 4 fully saturated rings. The highest BCUT2D eigenvalue weighted by molar-refractivity contribution is 5.90. The summed E-state index contributed by atoms with van der Waals surface area (Å²) in [6, 6.07) is 18.2. The molecule has 12 heteroatoms. The number of benzene rings is 3. The number of carbonyl (C=O) groups is 2. The molecule has 2 aliphatic heterocycles. The number of aryl methyl sites for hydroxylation is 1. The van der Waals surface area contributed by atoms with E-state index in [-0.39, 0.29) is 66.3 Å². The SMILES string of the molecule is CCNCC1C(C2CCC3(C#CC(CC(O)C(O)CC(C4=C(CC)CNC(N)=C4)c4ccc5ccccc5c4)c4cc(O)c(OC)cc4CCC3=O)C(O)C2)CC2CNC3CC(=O)C4C=Cc5c[nH]c6c5C4C3C2C61. The third-order valence-corrected chi connectivity index (χ3v) is 20.1. The Morgan fingerprint density at radius 2 is 1.83 bits per heavy atom. The second-order valence-corrected chi connectivity index (χ2v) is 23.6. The number of aromatic nitrogens is 1. The molecule has 1 aromatic heterocycles. The number of aromatic amines is 1. The molecule has 1 saturated heterocycles. The maximum atomic E-state index is 14.9. The number of nitrogens with one attached hydrogen (secondary N) is 4. The maximum Gasteiger partial charge on any atom is 0.160 e. The number of phenols is 1. The number of ether oxygens (including phenoxy) is 1. The number of fused-ring (bicyclic) bond motifs is 3. The van der Waals surface area contributed by atoms with Gasteiger partial charge in [-0.15, -0.1) is 0 Å². The van der Waals surface area contributed by atoms with Gasteiger partial charge < -0.3 is 51.8 Å². The molecule has 394 valence electrons. The van der Waals surface area contributed by atoms with E-state index in [0.717, 1.165) is 66.4 Å². The number of methoxy groups -OCH3 is 1. The smallest absolute Gasteiger partial charge is 0.160 e. The second-order valence-electron chi connectivity index (χ2n) is 23.6. The zero-order valence-electron chi connectivity index (χ0n) is 43.7. The Kier molecular flexibility index (Phi) is 13.4. The third-order valence-electron chi connectivity index (χ3n) is 20.1. The number of allylic oxidation sites excluding steroid dienone is 3. The number of hydrogen-bond donors (Lipinski definition) is 9. The van der Waals surface area contributed by atoms with E-state index in [1.165, 1.54) is 29.5 Å². The van der Waals surface area contributed by atoms with Crippen LogP contribution >= 0.6 is 0 Å². The van der Waals surface area contributed by atoms with Crippen molar-refractivity contribution in [3.8, 4) is 23.3 Å². The van der Waals surface area contributed by atoms with Crippen molar-refractivity contribution in [3.05, 3.63) is 123 Å². The molecule has 1 spiro atoms. The number of H-pyrrole nitrogens is 1. The van der Waals surface area contributed by atoms with Crippen molar-refractivity contribution in [1.29, 1.82) is 0 Å². The Hall–Kier alpha value is -5.68. The van der Waals surface area contributed by atoms with Crippen LogP contribution in [0, 0.1) is 58.7 Å². The Morgan fingerprint density at radius 3 is 2.63 bits per heavy atom.